The van der Waals surface area contributed by atoms with E-state index in [-0.39, 0.29) is 0 Å². The highest BCUT2D eigenvalue weighted by Gasteiger charge is 2.11. The lowest BCUT2D eigenvalue weighted by atomic mass is 10.1. The van der Waals surface area contributed by atoms with E-state index in [0.717, 1.165) is 58.0 Å². The second-order valence-electron chi connectivity index (χ2n) is 7.99. The Morgan fingerprint density at radius 3 is 1.29 bits per heavy atom. The largest absolute Gasteiger partial charge is 0.476 e. The first-order chi connectivity index (χ1) is 16.8. The third kappa shape index (κ3) is 4.30. The van der Waals surface area contributed by atoms with Crippen LogP contribution in [-0.2, 0) is 9.47 Å². The summed E-state index contributed by atoms with van der Waals surface area (Å²) in [6.07, 6.45) is 0. The Kier molecular flexibility index (Phi) is 5.32. The molecule has 4 aromatic rings. The molecule has 0 fully saturated rings. The van der Waals surface area contributed by atoms with Crippen molar-refractivity contribution in [2.24, 2.45) is 9.98 Å². The van der Waals surface area contributed by atoms with Gasteiger partial charge in [0.25, 0.3) is 0 Å². The Labute approximate surface area is 197 Å². The van der Waals surface area contributed by atoms with Gasteiger partial charge in [0.05, 0.1) is 13.1 Å². The number of benzene rings is 4. The number of hydrogen-bond acceptors (Lipinski definition) is 6. The lowest BCUT2D eigenvalue weighted by molar-refractivity contribution is 0.348. The van der Waals surface area contributed by atoms with Crippen LogP contribution in [-0.4, -0.2) is 38.1 Å². The van der Waals surface area contributed by atoms with Crippen molar-refractivity contribution in [3.8, 4) is 23.0 Å². The second kappa shape index (κ2) is 8.90. The molecule has 4 aromatic carbocycles. The molecule has 0 aromatic heterocycles. The molecule has 2 aliphatic heterocycles. The van der Waals surface area contributed by atoms with E-state index in [1.54, 1.807) is 0 Å². The number of rotatable bonds is 6. The fourth-order valence-corrected chi connectivity index (χ4v) is 3.95. The Morgan fingerprint density at radius 1 is 0.500 bits per heavy atom. The SMILES string of the molecule is c1cc(C2=NCCO2)ccc1Oc1ccc2cc(Oc3ccc(C4=NCCO4)cc3)ccc2c1. The van der Waals surface area contributed by atoms with Crippen LogP contribution in [0.15, 0.2) is 94.9 Å². The molecule has 6 heteroatoms. The van der Waals surface area contributed by atoms with Crippen LogP contribution in [0.4, 0.5) is 0 Å². The summed E-state index contributed by atoms with van der Waals surface area (Å²) in [4.78, 5) is 8.68. The van der Waals surface area contributed by atoms with Gasteiger partial charge in [0.1, 0.15) is 36.2 Å². The van der Waals surface area contributed by atoms with Crippen LogP contribution < -0.4 is 9.47 Å². The molecule has 0 bridgehead atoms. The predicted octanol–water partition coefficient (Wildman–Crippen LogP) is 5.98. The molecule has 6 nitrogen and oxygen atoms in total. The van der Waals surface area contributed by atoms with Crippen LogP contribution in [0.1, 0.15) is 11.1 Å². The van der Waals surface area contributed by atoms with Crippen molar-refractivity contribution in [2.75, 3.05) is 26.3 Å². The molecule has 0 amide bonds. The maximum Gasteiger partial charge on any atom is 0.216 e. The topological polar surface area (TPSA) is 61.6 Å². The Morgan fingerprint density at radius 2 is 0.912 bits per heavy atom. The molecule has 0 saturated carbocycles. The molecule has 168 valence electrons. The monoisotopic (exact) mass is 450 g/mol. The first kappa shape index (κ1) is 20.3. The van der Waals surface area contributed by atoms with Gasteiger partial charge in [0.2, 0.25) is 11.8 Å². The van der Waals surface area contributed by atoms with Crippen molar-refractivity contribution in [1.82, 2.24) is 0 Å². The first-order valence-electron chi connectivity index (χ1n) is 11.3. The minimum Gasteiger partial charge on any atom is -0.476 e. The quantitative estimate of drug-likeness (QED) is 0.363. The summed E-state index contributed by atoms with van der Waals surface area (Å²) in [5.74, 6) is 4.47. The van der Waals surface area contributed by atoms with Gasteiger partial charge >= 0.3 is 0 Å². The van der Waals surface area contributed by atoms with Crippen LogP contribution in [0, 0.1) is 0 Å². The summed E-state index contributed by atoms with van der Waals surface area (Å²) in [7, 11) is 0. The van der Waals surface area contributed by atoms with Gasteiger partial charge in [-0.3, -0.25) is 0 Å². The predicted molar refractivity (Wildman–Crippen MR) is 132 cm³/mol. The summed E-state index contributed by atoms with van der Waals surface area (Å²) in [5, 5.41) is 2.14. The average molecular weight is 450 g/mol. The first-order valence-corrected chi connectivity index (χ1v) is 11.3. The van der Waals surface area contributed by atoms with E-state index >= 15 is 0 Å². The Hall–Kier alpha value is -4.32. The third-order valence-corrected chi connectivity index (χ3v) is 5.63. The molecule has 0 atom stereocenters. The molecule has 6 rings (SSSR count). The van der Waals surface area contributed by atoms with Gasteiger partial charge in [-0.2, -0.15) is 0 Å². The summed E-state index contributed by atoms with van der Waals surface area (Å²) in [5.41, 5.74) is 1.93. The highest BCUT2D eigenvalue weighted by atomic mass is 16.5. The van der Waals surface area contributed by atoms with Crippen molar-refractivity contribution in [3.05, 3.63) is 96.1 Å². The molecular formula is C28H22N2O4. The normalized spacial score (nSPS) is 14.8. The minimum absolute atomic E-state index is 0.648. The maximum atomic E-state index is 6.05. The third-order valence-electron chi connectivity index (χ3n) is 5.63. The average Bonchev–Trinajstić information content (AvgIpc) is 3.60. The van der Waals surface area contributed by atoms with Gasteiger partial charge in [0, 0.05) is 11.1 Å². The van der Waals surface area contributed by atoms with Crippen molar-refractivity contribution in [2.45, 2.75) is 0 Å². The van der Waals surface area contributed by atoms with Crippen molar-refractivity contribution < 1.29 is 18.9 Å². The van der Waals surface area contributed by atoms with Crippen molar-refractivity contribution in [3.63, 3.8) is 0 Å². The molecule has 0 saturated heterocycles. The van der Waals surface area contributed by atoms with Crippen LogP contribution in [0.25, 0.3) is 10.8 Å². The van der Waals surface area contributed by atoms with E-state index < -0.39 is 0 Å². The molecular weight excluding hydrogens is 428 g/mol. The summed E-state index contributed by atoms with van der Waals surface area (Å²) in [6, 6.07) is 27.6. The molecule has 0 radical (unpaired) electrons. The number of ether oxygens (including phenoxy) is 4. The van der Waals surface area contributed by atoms with E-state index in [2.05, 4.69) is 9.98 Å². The smallest absolute Gasteiger partial charge is 0.216 e. The van der Waals surface area contributed by atoms with Gasteiger partial charge < -0.3 is 18.9 Å². The lowest BCUT2D eigenvalue weighted by Gasteiger charge is -2.10. The van der Waals surface area contributed by atoms with E-state index in [1.165, 1.54) is 0 Å². The fraction of sp³-hybridized carbons (Fsp3) is 0.143. The van der Waals surface area contributed by atoms with Crippen LogP contribution in [0.2, 0.25) is 0 Å². The highest BCUT2D eigenvalue weighted by molar-refractivity contribution is 5.95. The molecule has 0 spiro atoms. The summed E-state index contributed by atoms with van der Waals surface area (Å²) in [6.45, 7) is 2.73. The van der Waals surface area contributed by atoms with Gasteiger partial charge in [-0.05, 0) is 83.6 Å². The van der Waals surface area contributed by atoms with E-state index in [1.807, 2.05) is 84.9 Å². The number of fused-ring (bicyclic) bond motifs is 1. The molecule has 2 heterocycles. The zero-order valence-corrected chi connectivity index (χ0v) is 18.4. The van der Waals surface area contributed by atoms with Gasteiger partial charge in [-0.1, -0.05) is 12.1 Å². The highest BCUT2D eigenvalue weighted by Crippen LogP contribution is 2.30. The van der Waals surface area contributed by atoms with Gasteiger partial charge in [0.15, 0.2) is 0 Å². The standard InChI is InChI=1S/C28H22N2O4/c1-7-23(8-2-19(1)27-29-13-15-31-27)33-25-11-5-22-18-26(12-6-21(22)17-25)34-24-9-3-20(4-10-24)28-30-14-16-32-28/h1-12,17-18H,13-16H2. The minimum atomic E-state index is 0.648. The van der Waals surface area contributed by atoms with E-state index in [0.29, 0.717) is 25.0 Å². The van der Waals surface area contributed by atoms with E-state index in [4.69, 9.17) is 18.9 Å². The Balaban J connectivity index is 1.14. The summed E-state index contributed by atoms with van der Waals surface area (Å²) >= 11 is 0. The second-order valence-corrected chi connectivity index (χ2v) is 7.99. The van der Waals surface area contributed by atoms with Gasteiger partial charge in [-0.25, -0.2) is 9.98 Å². The van der Waals surface area contributed by atoms with Crippen molar-refractivity contribution in [1.29, 1.82) is 0 Å². The van der Waals surface area contributed by atoms with Crippen molar-refractivity contribution >= 4 is 22.6 Å². The van der Waals surface area contributed by atoms with Crippen LogP contribution in [0.5, 0.6) is 23.0 Å². The maximum absolute atomic E-state index is 6.05. The fourth-order valence-electron chi connectivity index (χ4n) is 3.95. The number of aliphatic imine (C=N–C) groups is 2. The molecule has 34 heavy (non-hydrogen) atoms. The molecule has 2 aliphatic rings. The zero-order valence-electron chi connectivity index (χ0n) is 18.4. The van der Waals surface area contributed by atoms with Crippen LogP contribution in [0.3, 0.4) is 0 Å². The summed E-state index contributed by atoms with van der Waals surface area (Å²) < 4.78 is 23.1. The molecule has 0 unspecified atom stereocenters. The lowest BCUT2D eigenvalue weighted by Crippen LogP contribution is -2.00. The molecule has 0 N–H and O–H groups in total. The zero-order chi connectivity index (χ0) is 22.7. The molecule has 0 aliphatic carbocycles. The van der Waals surface area contributed by atoms with E-state index in [9.17, 15) is 0 Å². The van der Waals surface area contributed by atoms with Gasteiger partial charge in [-0.15, -0.1) is 0 Å². The number of hydrogen-bond donors (Lipinski definition) is 0. The number of nitrogens with zero attached hydrogens (tertiary/aromatic N) is 2. The Bertz CT molecular complexity index is 1280. The van der Waals surface area contributed by atoms with Crippen LogP contribution >= 0.6 is 0 Å².